The summed E-state index contributed by atoms with van der Waals surface area (Å²) in [7, 11) is 1.80. The number of thiazole rings is 1. The number of rotatable bonds is 9. The quantitative estimate of drug-likeness (QED) is 0.462. The molecule has 2 amide bonds. The van der Waals surface area contributed by atoms with Crippen molar-refractivity contribution >= 4 is 33.4 Å². The SMILES string of the molecule is CCN(CC)C(=O)c1cccc([C@@H](CN2CCC(O)C2)N(C)C(=O)Cc2ccc3sc(=O)[nH]c3c2)c1. The van der Waals surface area contributed by atoms with Gasteiger partial charge in [0.2, 0.25) is 5.91 Å². The lowest BCUT2D eigenvalue weighted by Gasteiger charge is -2.32. The third-order valence-electron chi connectivity index (χ3n) is 6.95. The van der Waals surface area contributed by atoms with Crippen LogP contribution in [0.25, 0.3) is 10.2 Å². The molecule has 0 spiro atoms. The topological polar surface area (TPSA) is 96.9 Å². The highest BCUT2D eigenvalue weighted by Gasteiger charge is 2.29. The normalized spacial score (nSPS) is 16.8. The highest BCUT2D eigenvalue weighted by atomic mass is 32.1. The zero-order valence-electron chi connectivity index (χ0n) is 21.1. The van der Waals surface area contributed by atoms with E-state index in [2.05, 4.69) is 9.88 Å². The standard InChI is InChI=1S/C27H34N4O4S/c1-4-31(5-2)26(34)20-8-6-7-19(15-20)23(17-30-12-11-21(32)16-30)29(3)25(33)14-18-9-10-24-22(13-18)28-27(35)36-24/h6-10,13,15,21,23,32H,4-5,11-12,14,16-17H2,1-3H3,(H,28,35)/t21?,23-/m1/s1. The second-order valence-electron chi connectivity index (χ2n) is 9.35. The summed E-state index contributed by atoms with van der Waals surface area (Å²) in [5.41, 5.74) is 3.07. The van der Waals surface area contributed by atoms with Crippen molar-refractivity contribution in [3.63, 3.8) is 0 Å². The number of aliphatic hydroxyl groups is 1. The molecule has 9 heteroatoms. The Morgan fingerprint density at radius 3 is 2.67 bits per heavy atom. The van der Waals surface area contributed by atoms with Crippen LogP contribution in [0.3, 0.4) is 0 Å². The number of nitrogens with zero attached hydrogens (tertiary/aromatic N) is 3. The van der Waals surface area contributed by atoms with Gasteiger partial charge in [-0.3, -0.25) is 19.3 Å². The second kappa shape index (κ2) is 11.4. The van der Waals surface area contributed by atoms with Gasteiger partial charge in [0.15, 0.2) is 0 Å². The van der Waals surface area contributed by atoms with E-state index in [1.807, 2.05) is 56.3 Å². The number of aliphatic hydroxyl groups excluding tert-OH is 1. The Hall–Kier alpha value is -3.01. The molecular weight excluding hydrogens is 476 g/mol. The Kier molecular flexibility index (Phi) is 8.23. The summed E-state index contributed by atoms with van der Waals surface area (Å²) < 4.78 is 0.865. The summed E-state index contributed by atoms with van der Waals surface area (Å²) in [6.45, 7) is 7.09. The Balaban J connectivity index is 1.59. The first kappa shape index (κ1) is 26.1. The van der Waals surface area contributed by atoms with Crippen LogP contribution < -0.4 is 4.87 Å². The van der Waals surface area contributed by atoms with E-state index in [1.54, 1.807) is 16.8 Å². The first-order valence-corrected chi connectivity index (χ1v) is 13.3. The lowest BCUT2D eigenvalue weighted by molar-refractivity contribution is -0.131. The third-order valence-corrected chi connectivity index (χ3v) is 7.81. The van der Waals surface area contributed by atoms with E-state index in [1.165, 1.54) is 0 Å². The molecule has 0 saturated carbocycles. The maximum Gasteiger partial charge on any atom is 0.305 e. The van der Waals surface area contributed by atoms with Gasteiger partial charge in [-0.15, -0.1) is 0 Å². The average molecular weight is 511 g/mol. The minimum atomic E-state index is -0.360. The number of benzene rings is 2. The number of H-pyrrole nitrogens is 1. The number of carbonyl (C=O) groups is 2. The molecule has 36 heavy (non-hydrogen) atoms. The minimum absolute atomic E-state index is 0.0239. The molecule has 8 nitrogen and oxygen atoms in total. The fraction of sp³-hybridized carbons (Fsp3) is 0.444. The minimum Gasteiger partial charge on any atom is -0.392 e. The fourth-order valence-electron chi connectivity index (χ4n) is 4.83. The first-order valence-electron chi connectivity index (χ1n) is 12.5. The zero-order valence-corrected chi connectivity index (χ0v) is 21.9. The van der Waals surface area contributed by atoms with Gasteiger partial charge in [0, 0.05) is 45.3 Å². The Morgan fingerprint density at radius 2 is 1.97 bits per heavy atom. The Bertz CT molecular complexity index is 1280. The molecule has 0 bridgehead atoms. The number of hydrogen-bond acceptors (Lipinski definition) is 6. The van der Waals surface area contributed by atoms with Gasteiger partial charge in [-0.05, 0) is 55.7 Å². The van der Waals surface area contributed by atoms with Crippen molar-refractivity contribution in [2.75, 3.05) is 39.8 Å². The van der Waals surface area contributed by atoms with Crippen LogP contribution in [-0.4, -0.2) is 82.5 Å². The number of β-amino-alcohol motifs (C(OH)–C–C–N with tert-alkyl or cyclic N) is 1. The molecule has 2 N–H and O–H groups in total. The maximum absolute atomic E-state index is 13.4. The van der Waals surface area contributed by atoms with E-state index in [4.69, 9.17) is 0 Å². The van der Waals surface area contributed by atoms with Gasteiger partial charge >= 0.3 is 4.87 Å². The smallest absolute Gasteiger partial charge is 0.305 e. The number of aromatic amines is 1. The van der Waals surface area contributed by atoms with Crippen LogP contribution in [0, 0.1) is 0 Å². The molecule has 2 heterocycles. The van der Waals surface area contributed by atoms with Gasteiger partial charge in [-0.2, -0.15) is 0 Å². The molecule has 1 aliphatic heterocycles. The molecule has 3 aromatic rings. The molecular formula is C27H34N4O4S. The van der Waals surface area contributed by atoms with Crippen molar-refractivity contribution in [2.24, 2.45) is 0 Å². The largest absolute Gasteiger partial charge is 0.392 e. The van der Waals surface area contributed by atoms with Crippen molar-refractivity contribution in [3.8, 4) is 0 Å². The van der Waals surface area contributed by atoms with Crippen LogP contribution in [0.5, 0.6) is 0 Å². The number of carbonyl (C=O) groups excluding carboxylic acids is 2. The first-order chi connectivity index (χ1) is 17.3. The number of fused-ring (bicyclic) bond motifs is 1. The number of nitrogens with one attached hydrogen (secondary N) is 1. The number of amides is 2. The predicted molar refractivity (Wildman–Crippen MR) is 142 cm³/mol. The third kappa shape index (κ3) is 5.86. The van der Waals surface area contributed by atoms with Gasteiger partial charge in [0.05, 0.1) is 28.8 Å². The zero-order chi connectivity index (χ0) is 25.8. The van der Waals surface area contributed by atoms with Crippen LogP contribution in [0.4, 0.5) is 0 Å². The highest BCUT2D eigenvalue weighted by molar-refractivity contribution is 7.16. The van der Waals surface area contributed by atoms with Crippen molar-refractivity contribution in [1.29, 1.82) is 0 Å². The summed E-state index contributed by atoms with van der Waals surface area (Å²) in [6.07, 6.45) is 0.548. The Morgan fingerprint density at radius 1 is 1.19 bits per heavy atom. The van der Waals surface area contributed by atoms with Crippen molar-refractivity contribution in [1.82, 2.24) is 19.7 Å². The summed E-state index contributed by atoms with van der Waals surface area (Å²) in [4.78, 5) is 46.5. The number of aromatic nitrogens is 1. The predicted octanol–water partition coefficient (Wildman–Crippen LogP) is 2.88. The maximum atomic E-state index is 13.4. The number of likely N-dealkylation sites (tertiary alicyclic amines) is 1. The van der Waals surface area contributed by atoms with Crippen LogP contribution in [0.15, 0.2) is 47.3 Å². The summed E-state index contributed by atoms with van der Waals surface area (Å²) in [6, 6.07) is 12.9. The van der Waals surface area contributed by atoms with E-state index in [0.717, 1.165) is 39.2 Å². The molecule has 1 aliphatic rings. The van der Waals surface area contributed by atoms with Gasteiger partial charge in [0.1, 0.15) is 0 Å². The molecule has 1 unspecified atom stereocenters. The monoisotopic (exact) mass is 510 g/mol. The fourth-order valence-corrected chi connectivity index (χ4v) is 5.55. The van der Waals surface area contributed by atoms with Gasteiger partial charge < -0.3 is 19.9 Å². The van der Waals surface area contributed by atoms with Gasteiger partial charge in [0.25, 0.3) is 5.91 Å². The van der Waals surface area contributed by atoms with Crippen molar-refractivity contribution < 1.29 is 14.7 Å². The second-order valence-corrected chi connectivity index (χ2v) is 10.4. The van der Waals surface area contributed by atoms with Crippen LogP contribution in [-0.2, 0) is 11.2 Å². The van der Waals surface area contributed by atoms with Crippen molar-refractivity contribution in [3.05, 3.63) is 68.8 Å². The van der Waals surface area contributed by atoms with Crippen LogP contribution >= 0.6 is 11.3 Å². The van der Waals surface area contributed by atoms with Crippen molar-refractivity contribution in [2.45, 2.75) is 38.8 Å². The molecule has 1 fully saturated rings. The molecule has 0 radical (unpaired) electrons. The molecule has 192 valence electrons. The van der Waals surface area contributed by atoms with Crippen LogP contribution in [0.2, 0.25) is 0 Å². The van der Waals surface area contributed by atoms with E-state index in [9.17, 15) is 19.5 Å². The molecule has 0 aliphatic carbocycles. The number of hydrogen-bond donors (Lipinski definition) is 2. The summed E-state index contributed by atoms with van der Waals surface area (Å²) in [5.74, 6) is -0.0821. The molecule has 4 rings (SSSR count). The number of likely N-dealkylation sites (N-methyl/N-ethyl adjacent to an activating group) is 1. The lowest BCUT2D eigenvalue weighted by atomic mass is 10.0. The van der Waals surface area contributed by atoms with E-state index in [-0.39, 0.29) is 35.3 Å². The molecule has 2 atom stereocenters. The van der Waals surface area contributed by atoms with Gasteiger partial charge in [-0.1, -0.05) is 29.5 Å². The van der Waals surface area contributed by atoms with E-state index >= 15 is 0 Å². The highest BCUT2D eigenvalue weighted by Crippen LogP contribution is 2.26. The molecule has 1 saturated heterocycles. The van der Waals surface area contributed by atoms with E-state index < -0.39 is 0 Å². The van der Waals surface area contributed by atoms with Gasteiger partial charge in [-0.25, -0.2) is 0 Å². The average Bonchev–Trinajstić information content (AvgIpc) is 3.46. The Labute approximate surface area is 215 Å². The lowest BCUT2D eigenvalue weighted by Crippen LogP contribution is -2.39. The van der Waals surface area contributed by atoms with E-state index in [0.29, 0.717) is 38.2 Å². The summed E-state index contributed by atoms with van der Waals surface area (Å²) >= 11 is 1.15. The summed E-state index contributed by atoms with van der Waals surface area (Å²) in [5, 5.41) is 10.0. The molecule has 2 aromatic carbocycles. The van der Waals surface area contributed by atoms with Crippen LogP contribution in [0.1, 0.15) is 47.8 Å². The molecule has 1 aromatic heterocycles.